The van der Waals surface area contributed by atoms with Crippen LogP contribution in [-0.2, 0) is 6.42 Å². The number of hydrogen-bond donors (Lipinski definition) is 1. The van der Waals surface area contributed by atoms with Gasteiger partial charge >= 0.3 is 0 Å². The molecule has 0 unspecified atom stereocenters. The van der Waals surface area contributed by atoms with Gasteiger partial charge in [0.05, 0.1) is 19.1 Å². The minimum absolute atomic E-state index is 0.500. The molecule has 3 aromatic heterocycles. The SMILES string of the molecule is COc1ccc(Cc2nnc(-c3ccnc4[nH]ccc34)o2)cc1. The first-order valence-electron chi connectivity index (χ1n) is 7.21. The van der Waals surface area contributed by atoms with E-state index in [1.54, 1.807) is 13.3 Å². The zero-order valence-electron chi connectivity index (χ0n) is 12.5. The second kappa shape index (κ2) is 5.57. The predicted molar refractivity (Wildman–Crippen MR) is 85.2 cm³/mol. The third-order valence-electron chi connectivity index (χ3n) is 3.67. The summed E-state index contributed by atoms with van der Waals surface area (Å²) in [5.74, 6) is 1.90. The fraction of sp³-hybridized carbons (Fsp3) is 0.118. The number of hydrogen-bond acceptors (Lipinski definition) is 5. The molecule has 6 nitrogen and oxygen atoms in total. The topological polar surface area (TPSA) is 76.8 Å². The van der Waals surface area contributed by atoms with Gasteiger partial charge in [0.2, 0.25) is 11.8 Å². The van der Waals surface area contributed by atoms with Crippen LogP contribution >= 0.6 is 0 Å². The van der Waals surface area contributed by atoms with Gasteiger partial charge in [-0.2, -0.15) is 0 Å². The summed E-state index contributed by atoms with van der Waals surface area (Å²) in [7, 11) is 1.65. The largest absolute Gasteiger partial charge is 0.497 e. The molecule has 0 amide bonds. The molecule has 1 N–H and O–H groups in total. The fourth-order valence-electron chi connectivity index (χ4n) is 2.50. The minimum Gasteiger partial charge on any atom is -0.497 e. The lowest BCUT2D eigenvalue weighted by Gasteiger charge is -2.00. The summed E-state index contributed by atoms with van der Waals surface area (Å²) in [6.45, 7) is 0. The summed E-state index contributed by atoms with van der Waals surface area (Å²) in [4.78, 5) is 7.34. The van der Waals surface area contributed by atoms with Gasteiger partial charge in [0.25, 0.3) is 0 Å². The number of fused-ring (bicyclic) bond motifs is 1. The first-order valence-corrected chi connectivity index (χ1v) is 7.21. The van der Waals surface area contributed by atoms with E-state index in [1.807, 2.05) is 42.6 Å². The van der Waals surface area contributed by atoms with Crippen LogP contribution in [0.5, 0.6) is 5.75 Å². The van der Waals surface area contributed by atoms with E-state index in [4.69, 9.17) is 9.15 Å². The number of nitrogens with one attached hydrogen (secondary N) is 1. The van der Waals surface area contributed by atoms with Crippen molar-refractivity contribution in [2.45, 2.75) is 6.42 Å². The number of benzene rings is 1. The monoisotopic (exact) mass is 306 g/mol. The molecule has 0 atom stereocenters. The van der Waals surface area contributed by atoms with E-state index in [9.17, 15) is 0 Å². The molecular weight excluding hydrogens is 292 g/mol. The van der Waals surface area contributed by atoms with Crippen LogP contribution in [0, 0.1) is 0 Å². The number of aromatic nitrogens is 4. The molecule has 0 saturated carbocycles. The van der Waals surface area contributed by atoms with Crippen molar-refractivity contribution in [2.24, 2.45) is 0 Å². The Balaban J connectivity index is 1.62. The van der Waals surface area contributed by atoms with Gasteiger partial charge in [-0.05, 0) is 29.8 Å². The maximum atomic E-state index is 5.81. The average molecular weight is 306 g/mol. The van der Waals surface area contributed by atoms with Gasteiger partial charge in [-0.1, -0.05) is 12.1 Å². The summed E-state index contributed by atoms with van der Waals surface area (Å²) in [6, 6.07) is 11.6. The molecule has 0 aliphatic heterocycles. The van der Waals surface area contributed by atoms with Crippen LogP contribution in [0.25, 0.3) is 22.5 Å². The Morgan fingerprint density at radius 2 is 1.96 bits per heavy atom. The molecule has 1 aromatic carbocycles. The number of methoxy groups -OCH3 is 1. The highest BCUT2D eigenvalue weighted by atomic mass is 16.5. The molecule has 0 aliphatic rings. The van der Waals surface area contributed by atoms with Gasteiger partial charge in [-0.25, -0.2) is 4.98 Å². The van der Waals surface area contributed by atoms with Gasteiger partial charge in [-0.3, -0.25) is 0 Å². The second-order valence-corrected chi connectivity index (χ2v) is 5.12. The number of nitrogens with zero attached hydrogens (tertiary/aromatic N) is 3. The van der Waals surface area contributed by atoms with Crippen LogP contribution < -0.4 is 4.74 Å². The van der Waals surface area contributed by atoms with E-state index in [-0.39, 0.29) is 0 Å². The molecule has 6 heteroatoms. The molecule has 4 rings (SSSR count). The Bertz CT molecular complexity index is 941. The molecule has 4 aromatic rings. The van der Waals surface area contributed by atoms with Crippen molar-refractivity contribution in [3.8, 4) is 17.2 Å². The molecule has 3 heterocycles. The van der Waals surface area contributed by atoms with Crippen molar-refractivity contribution < 1.29 is 9.15 Å². The molecule has 0 saturated heterocycles. The number of H-pyrrole nitrogens is 1. The maximum Gasteiger partial charge on any atom is 0.248 e. The van der Waals surface area contributed by atoms with Gasteiger partial charge in [0.1, 0.15) is 11.4 Å². The quantitative estimate of drug-likeness (QED) is 0.626. The Morgan fingerprint density at radius 1 is 1.09 bits per heavy atom. The van der Waals surface area contributed by atoms with E-state index >= 15 is 0 Å². The molecule has 23 heavy (non-hydrogen) atoms. The third kappa shape index (κ3) is 2.55. The molecule has 0 fully saturated rings. The third-order valence-corrected chi connectivity index (χ3v) is 3.67. The first-order chi connectivity index (χ1) is 11.3. The molecule has 114 valence electrons. The van der Waals surface area contributed by atoms with E-state index in [2.05, 4.69) is 20.2 Å². The Labute approximate surface area is 132 Å². The lowest BCUT2D eigenvalue weighted by atomic mass is 10.1. The first kappa shape index (κ1) is 13.5. The lowest BCUT2D eigenvalue weighted by molar-refractivity contribution is 0.414. The van der Waals surface area contributed by atoms with Crippen LogP contribution in [0.4, 0.5) is 0 Å². The summed E-state index contributed by atoms with van der Waals surface area (Å²) in [6.07, 6.45) is 4.15. The van der Waals surface area contributed by atoms with Crippen molar-refractivity contribution in [3.05, 3.63) is 60.2 Å². The van der Waals surface area contributed by atoms with E-state index < -0.39 is 0 Å². The molecular formula is C17H14N4O2. The normalized spacial score (nSPS) is 11.0. The van der Waals surface area contributed by atoms with E-state index in [0.29, 0.717) is 18.2 Å². The van der Waals surface area contributed by atoms with Gasteiger partial charge < -0.3 is 14.1 Å². The van der Waals surface area contributed by atoms with Crippen LogP contribution in [0.2, 0.25) is 0 Å². The Morgan fingerprint density at radius 3 is 2.78 bits per heavy atom. The predicted octanol–water partition coefficient (Wildman–Crippen LogP) is 3.21. The fourth-order valence-corrected chi connectivity index (χ4v) is 2.50. The summed E-state index contributed by atoms with van der Waals surface area (Å²) >= 11 is 0. The standard InChI is InChI=1S/C17H14N4O2/c1-22-12-4-2-11(3-5-12)10-15-20-21-17(23-15)14-7-9-19-16-13(14)6-8-18-16/h2-9H,10H2,1H3,(H,18,19). The van der Waals surface area contributed by atoms with Crippen LogP contribution in [0.1, 0.15) is 11.5 Å². The van der Waals surface area contributed by atoms with E-state index in [0.717, 1.165) is 27.9 Å². The molecule has 0 aliphatic carbocycles. The van der Waals surface area contributed by atoms with Gasteiger partial charge in [0.15, 0.2) is 0 Å². The average Bonchev–Trinajstić information content (AvgIpc) is 3.24. The second-order valence-electron chi connectivity index (χ2n) is 5.12. The van der Waals surface area contributed by atoms with Crippen molar-refractivity contribution in [1.29, 1.82) is 0 Å². The summed E-state index contributed by atoms with van der Waals surface area (Å²) < 4.78 is 11.0. The smallest absolute Gasteiger partial charge is 0.248 e. The molecule has 0 spiro atoms. The Hall–Kier alpha value is -3.15. The molecule has 0 bridgehead atoms. The number of aromatic amines is 1. The lowest BCUT2D eigenvalue weighted by Crippen LogP contribution is -1.89. The highest BCUT2D eigenvalue weighted by Gasteiger charge is 2.13. The number of ether oxygens (including phenoxy) is 1. The van der Waals surface area contributed by atoms with Crippen molar-refractivity contribution in [2.75, 3.05) is 7.11 Å². The molecule has 0 radical (unpaired) electrons. The summed E-state index contributed by atoms with van der Waals surface area (Å²) in [5.41, 5.74) is 2.77. The van der Waals surface area contributed by atoms with Gasteiger partial charge in [0, 0.05) is 17.8 Å². The van der Waals surface area contributed by atoms with Crippen molar-refractivity contribution in [3.63, 3.8) is 0 Å². The highest BCUT2D eigenvalue weighted by molar-refractivity contribution is 5.90. The minimum atomic E-state index is 0.500. The van der Waals surface area contributed by atoms with E-state index in [1.165, 1.54) is 0 Å². The van der Waals surface area contributed by atoms with Crippen LogP contribution in [-0.4, -0.2) is 27.3 Å². The number of rotatable bonds is 4. The van der Waals surface area contributed by atoms with Crippen LogP contribution in [0.3, 0.4) is 0 Å². The summed E-state index contributed by atoms with van der Waals surface area (Å²) in [5, 5.41) is 9.27. The highest BCUT2D eigenvalue weighted by Crippen LogP contribution is 2.26. The zero-order chi connectivity index (χ0) is 15.6. The maximum absolute atomic E-state index is 5.81. The number of pyridine rings is 1. The van der Waals surface area contributed by atoms with Crippen molar-refractivity contribution in [1.82, 2.24) is 20.2 Å². The zero-order valence-corrected chi connectivity index (χ0v) is 12.5. The van der Waals surface area contributed by atoms with Crippen molar-refractivity contribution >= 4 is 11.0 Å². The van der Waals surface area contributed by atoms with Crippen LogP contribution in [0.15, 0.2) is 53.2 Å². The van der Waals surface area contributed by atoms with Gasteiger partial charge in [-0.15, -0.1) is 10.2 Å². The Kier molecular flexibility index (Phi) is 3.27.